The molecule has 3 aliphatic rings. The van der Waals surface area contributed by atoms with Crippen molar-refractivity contribution < 1.29 is 31.9 Å². The Morgan fingerprint density at radius 3 is 2.57 bits per heavy atom. The summed E-state index contributed by atoms with van der Waals surface area (Å²) in [6.45, 7) is 5.47. The highest BCUT2D eigenvalue weighted by Gasteiger charge is 2.43. The number of rotatable bonds is 8. The maximum absolute atomic E-state index is 14.9. The van der Waals surface area contributed by atoms with Gasteiger partial charge in [-0.25, -0.2) is 9.37 Å². The number of likely N-dealkylation sites (tertiary alicyclic amines) is 1. The fourth-order valence-corrected chi connectivity index (χ4v) is 6.91. The average Bonchev–Trinajstić information content (AvgIpc) is 3.74. The van der Waals surface area contributed by atoms with E-state index < -0.39 is 23.9 Å². The highest BCUT2D eigenvalue weighted by atomic mass is 35.5. The number of hydrogen-bond donors (Lipinski definition) is 0. The molecule has 2 aromatic heterocycles. The zero-order chi connectivity index (χ0) is 32.3. The largest absolute Gasteiger partial charge is 0.444 e. The Morgan fingerprint density at radius 2 is 1.85 bits per heavy atom. The van der Waals surface area contributed by atoms with Gasteiger partial charge in [0.2, 0.25) is 5.82 Å². The Kier molecular flexibility index (Phi) is 7.61. The molecule has 244 valence electrons. The van der Waals surface area contributed by atoms with Crippen LogP contribution in [0.3, 0.4) is 0 Å². The summed E-state index contributed by atoms with van der Waals surface area (Å²) in [5, 5.41) is 4.03. The van der Waals surface area contributed by atoms with Crippen molar-refractivity contribution >= 4 is 22.6 Å². The third-order valence-corrected chi connectivity index (χ3v) is 9.55. The summed E-state index contributed by atoms with van der Waals surface area (Å²) in [4.78, 5) is 11.2. The normalized spacial score (nSPS) is 21.5. The van der Waals surface area contributed by atoms with Crippen molar-refractivity contribution in [3.63, 3.8) is 0 Å². The van der Waals surface area contributed by atoms with E-state index in [0.29, 0.717) is 35.2 Å². The van der Waals surface area contributed by atoms with Crippen LogP contribution in [0.2, 0.25) is 5.02 Å². The van der Waals surface area contributed by atoms with E-state index in [9.17, 15) is 13.2 Å². The molecule has 0 aliphatic carbocycles. The first-order valence-corrected chi connectivity index (χ1v) is 16.0. The van der Waals surface area contributed by atoms with Gasteiger partial charge in [-0.1, -0.05) is 28.9 Å². The van der Waals surface area contributed by atoms with E-state index in [-0.39, 0.29) is 23.4 Å². The minimum absolute atomic E-state index is 0.100. The lowest BCUT2D eigenvalue weighted by Crippen LogP contribution is -2.35. The summed E-state index contributed by atoms with van der Waals surface area (Å²) in [7, 11) is 0. The molecule has 2 saturated heterocycles. The van der Waals surface area contributed by atoms with Crippen LogP contribution in [-0.4, -0.2) is 50.4 Å². The van der Waals surface area contributed by atoms with E-state index in [2.05, 4.69) is 25.7 Å². The summed E-state index contributed by atoms with van der Waals surface area (Å²) in [5.74, 6) is 0.00725. The molecule has 13 heteroatoms. The van der Waals surface area contributed by atoms with Gasteiger partial charge in [0.05, 0.1) is 35.8 Å². The molecular weight excluding hydrogens is 635 g/mol. The van der Waals surface area contributed by atoms with E-state index in [1.807, 2.05) is 24.3 Å². The third kappa shape index (κ3) is 5.62. The van der Waals surface area contributed by atoms with Crippen LogP contribution >= 0.6 is 11.6 Å². The summed E-state index contributed by atoms with van der Waals surface area (Å²) < 4.78 is 66.1. The zero-order valence-corrected chi connectivity index (χ0v) is 26.2. The van der Waals surface area contributed by atoms with Crippen molar-refractivity contribution in [1.29, 1.82) is 0 Å². The van der Waals surface area contributed by atoms with Crippen LogP contribution in [0.25, 0.3) is 22.4 Å². The van der Waals surface area contributed by atoms with E-state index in [1.54, 1.807) is 25.1 Å². The molecule has 0 radical (unpaired) electrons. The number of aromatic nitrogens is 4. The minimum atomic E-state index is -2.83. The molecular formula is C34H31ClF3N5O4. The second-order valence-corrected chi connectivity index (χ2v) is 12.8. The predicted octanol–water partition coefficient (Wildman–Crippen LogP) is 7.63. The van der Waals surface area contributed by atoms with Gasteiger partial charge in [0.25, 0.3) is 11.7 Å². The molecule has 2 atom stereocenters. The molecule has 47 heavy (non-hydrogen) atoms. The number of hydrogen-bond acceptors (Lipinski definition) is 8. The van der Waals surface area contributed by atoms with Crippen molar-refractivity contribution in [2.45, 2.75) is 63.5 Å². The lowest BCUT2D eigenvalue weighted by Gasteiger charge is -2.33. The van der Waals surface area contributed by atoms with Crippen molar-refractivity contribution in [2.75, 3.05) is 19.7 Å². The quantitative estimate of drug-likeness (QED) is 0.167. The maximum Gasteiger partial charge on any atom is 0.315 e. The number of piperidine rings is 1. The summed E-state index contributed by atoms with van der Waals surface area (Å²) in [5.41, 5.74) is 3.56. The van der Waals surface area contributed by atoms with Crippen molar-refractivity contribution in [2.24, 2.45) is 0 Å². The standard InChI is InChI=1S/C34H31ClF3N5O4/c1-34(24-7-6-21(35)16-25(24)36)45-28-4-2-3-23(30(28)46-34)19-9-12-42(13-10-19)18-29-39-26-15-20(32-40-33(31(37)38)47-41-32)5-8-27(26)43(29)17-22-11-14-44-22/h2-8,15-16,19,22,31H,9-14,17-18H2,1H3/t22-,34?/m0/s1. The highest BCUT2D eigenvalue weighted by molar-refractivity contribution is 6.30. The van der Waals surface area contributed by atoms with Crippen LogP contribution in [0.4, 0.5) is 13.2 Å². The fraction of sp³-hybridized carbons (Fsp3) is 0.382. The third-order valence-electron chi connectivity index (χ3n) is 9.32. The van der Waals surface area contributed by atoms with Gasteiger partial charge in [0, 0.05) is 29.7 Å². The number of benzene rings is 3. The number of alkyl halides is 2. The van der Waals surface area contributed by atoms with Gasteiger partial charge in [0.1, 0.15) is 11.6 Å². The number of halogens is 4. The molecule has 0 amide bonds. The summed E-state index contributed by atoms with van der Waals surface area (Å²) >= 11 is 5.98. The maximum atomic E-state index is 14.9. The molecule has 0 saturated carbocycles. The van der Waals surface area contributed by atoms with Gasteiger partial charge < -0.3 is 23.3 Å². The first-order valence-electron chi connectivity index (χ1n) is 15.7. The first kappa shape index (κ1) is 30.2. The van der Waals surface area contributed by atoms with Crippen molar-refractivity contribution in [3.8, 4) is 22.9 Å². The number of para-hydroxylation sites is 1. The van der Waals surface area contributed by atoms with Gasteiger partial charge in [0.15, 0.2) is 11.5 Å². The van der Waals surface area contributed by atoms with Crippen molar-refractivity contribution in [3.05, 3.63) is 88.3 Å². The molecule has 1 unspecified atom stereocenters. The van der Waals surface area contributed by atoms with Crippen molar-refractivity contribution in [1.82, 2.24) is 24.6 Å². The Bertz CT molecular complexity index is 1960. The monoisotopic (exact) mass is 665 g/mol. The lowest BCUT2D eigenvalue weighted by atomic mass is 9.88. The average molecular weight is 666 g/mol. The zero-order valence-electron chi connectivity index (χ0n) is 25.5. The van der Waals surface area contributed by atoms with Crippen LogP contribution in [0.15, 0.2) is 59.1 Å². The van der Waals surface area contributed by atoms with Crippen LogP contribution in [0.5, 0.6) is 11.5 Å². The second-order valence-electron chi connectivity index (χ2n) is 12.4. The first-order chi connectivity index (χ1) is 22.7. The molecule has 0 bridgehead atoms. The van der Waals surface area contributed by atoms with Crippen LogP contribution in [0, 0.1) is 5.82 Å². The highest BCUT2D eigenvalue weighted by Crippen LogP contribution is 2.50. The summed E-state index contributed by atoms with van der Waals surface area (Å²) in [6, 6.07) is 15.9. The Labute approximate surface area is 273 Å². The predicted molar refractivity (Wildman–Crippen MR) is 166 cm³/mol. The lowest BCUT2D eigenvalue weighted by molar-refractivity contribution is -0.0712. The number of nitrogens with zero attached hydrogens (tertiary/aromatic N) is 5. The van der Waals surface area contributed by atoms with Gasteiger partial charge >= 0.3 is 6.43 Å². The molecule has 0 N–H and O–H groups in total. The molecule has 3 aliphatic heterocycles. The molecule has 2 fully saturated rings. The number of imidazole rings is 1. The van der Waals surface area contributed by atoms with Crippen LogP contribution in [-0.2, 0) is 23.6 Å². The van der Waals surface area contributed by atoms with Gasteiger partial charge in [-0.3, -0.25) is 4.90 Å². The molecule has 3 aromatic carbocycles. The molecule has 0 spiro atoms. The SMILES string of the molecule is CC1(c2ccc(Cl)cc2F)Oc2cccc(C3CCN(Cc4nc5cc(-c6noc(C(F)F)n6)ccc5n4C[C@@H]4CCO4)CC3)c2O1. The van der Waals surface area contributed by atoms with Gasteiger partial charge in [-0.15, -0.1) is 0 Å². The van der Waals surface area contributed by atoms with E-state index in [1.165, 1.54) is 6.07 Å². The molecule has 9 nitrogen and oxygen atoms in total. The van der Waals surface area contributed by atoms with E-state index in [0.717, 1.165) is 61.4 Å². The van der Waals surface area contributed by atoms with Crippen LogP contribution < -0.4 is 9.47 Å². The van der Waals surface area contributed by atoms with Crippen LogP contribution in [0.1, 0.15) is 61.4 Å². The second kappa shape index (κ2) is 11.8. The van der Waals surface area contributed by atoms with Gasteiger partial charge in [-0.2, -0.15) is 13.8 Å². The smallest absolute Gasteiger partial charge is 0.315 e. The molecule has 8 rings (SSSR count). The van der Waals surface area contributed by atoms with E-state index in [4.69, 9.17) is 35.3 Å². The molecule has 5 heterocycles. The van der Waals surface area contributed by atoms with E-state index >= 15 is 0 Å². The number of ether oxygens (including phenoxy) is 3. The molecule has 5 aromatic rings. The Hall–Kier alpha value is -4.13. The topological polar surface area (TPSA) is 87.7 Å². The fourth-order valence-electron chi connectivity index (χ4n) is 6.76. The summed E-state index contributed by atoms with van der Waals surface area (Å²) in [6.07, 6.45) is 0.0639. The minimum Gasteiger partial charge on any atom is -0.444 e. The Morgan fingerprint density at radius 1 is 1.02 bits per heavy atom. The van der Waals surface area contributed by atoms with Gasteiger partial charge in [-0.05, 0) is 80.7 Å². The number of fused-ring (bicyclic) bond motifs is 2. The Balaban J connectivity index is 0.997.